The van der Waals surface area contributed by atoms with Crippen molar-refractivity contribution in [3.8, 4) is 0 Å². The minimum atomic E-state index is -3.33. The highest BCUT2D eigenvalue weighted by Gasteiger charge is 2.22. The first-order valence-electron chi connectivity index (χ1n) is 3.18. The molecule has 0 saturated heterocycles. The first kappa shape index (κ1) is 8.26. The molecule has 0 aromatic rings. The van der Waals surface area contributed by atoms with Gasteiger partial charge in [-0.25, -0.2) is 13.4 Å². The Bertz CT molecular complexity index is 300. The number of ether oxygens (including phenoxy) is 1. The number of aliphatic imine (C=N–C) groups is 1. The van der Waals surface area contributed by atoms with E-state index in [0.717, 1.165) is 5.41 Å². The zero-order chi connectivity index (χ0) is 8.48. The van der Waals surface area contributed by atoms with E-state index in [0.29, 0.717) is 0 Å². The van der Waals surface area contributed by atoms with E-state index in [1.54, 1.807) is 13.8 Å². The maximum Gasteiger partial charge on any atom is 0.314 e. The summed E-state index contributed by atoms with van der Waals surface area (Å²) in [5, 5.41) is 0.817. The van der Waals surface area contributed by atoms with Gasteiger partial charge in [-0.3, -0.25) is 0 Å². The van der Waals surface area contributed by atoms with Gasteiger partial charge >= 0.3 is 5.23 Å². The van der Waals surface area contributed by atoms with Crippen molar-refractivity contribution in [1.82, 2.24) is 0 Å². The lowest BCUT2D eigenvalue weighted by Crippen LogP contribution is -2.17. The molecule has 1 rings (SSSR count). The highest BCUT2D eigenvalue weighted by Crippen LogP contribution is 2.08. The van der Waals surface area contributed by atoms with Gasteiger partial charge in [0, 0.05) is 6.20 Å². The summed E-state index contributed by atoms with van der Waals surface area (Å²) < 4.78 is 26.8. The first-order chi connectivity index (χ1) is 5.02. The molecule has 0 amide bonds. The zero-order valence-electron chi connectivity index (χ0n) is 6.31. The topological polar surface area (TPSA) is 55.7 Å². The molecule has 1 aliphatic rings. The Morgan fingerprint density at radius 1 is 1.55 bits per heavy atom. The van der Waals surface area contributed by atoms with Crippen LogP contribution in [0.3, 0.4) is 0 Å². The Hall–Kier alpha value is -0.840. The van der Waals surface area contributed by atoms with Crippen molar-refractivity contribution in [2.45, 2.75) is 20.0 Å². The summed E-state index contributed by atoms with van der Waals surface area (Å²) in [6.07, 6.45) is 1.05. The quantitative estimate of drug-likeness (QED) is 0.588. The van der Waals surface area contributed by atoms with Crippen LogP contribution in [-0.4, -0.2) is 19.8 Å². The summed E-state index contributed by atoms with van der Waals surface area (Å²) in [7, 11) is -3.33. The average molecular weight is 175 g/mol. The van der Waals surface area contributed by atoms with E-state index in [1.807, 2.05) is 0 Å². The van der Waals surface area contributed by atoms with Crippen LogP contribution in [0.4, 0.5) is 0 Å². The number of sulfone groups is 1. The van der Waals surface area contributed by atoms with Gasteiger partial charge in [-0.1, -0.05) is 0 Å². The van der Waals surface area contributed by atoms with Gasteiger partial charge in [0.25, 0.3) is 9.84 Å². The first-order valence-corrected chi connectivity index (χ1v) is 4.73. The van der Waals surface area contributed by atoms with Gasteiger partial charge in [0.2, 0.25) is 0 Å². The number of rotatable bonds is 1. The molecule has 1 heterocycles. The van der Waals surface area contributed by atoms with Gasteiger partial charge in [-0.2, -0.15) is 0 Å². The molecule has 4 nitrogen and oxygen atoms in total. The minimum Gasteiger partial charge on any atom is -0.466 e. The summed E-state index contributed by atoms with van der Waals surface area (Å²) in [6.45, 7) is 3.49. The largest absolute Gasteiger partial charge is 0.466 e. The summed E-state index contributed by atoms with van der Waals surface area (Å²) in [4.78, 5) is 3.55. The van der Waals surface area contributed by atoms with Gasteiger partial charge in [0.05, 0.1) is 11.5 Å². The Kier molecular flexibility index (Phi) is 1.99. The lowest BCUT2D eigenvalue weighted by atomic mass is 10.5. The molecule has 0 fully saturated rings. The zero-order valence-corrected chi connectivity index (χ0v) is 7.13. The van der Waals surface area contributed by atoms with Crippen LogP contribution in [0.15, 0.2) is 16.6 Å². The number of hydrogen-bond donors (Lipinski definition) is 0. The molecule has 11 heavy (non-hydrogen) atoms. The molecule has 5 heteroatoms. The molecule has 62 valence electrons. The van der Waals surface area contributed by atoms with Gasteiger partial charge in [-0.05, 0) is 13.8 Å². The van der Waals surface area contributed by atoms with Crippen LogP contribution in [0.25, 0.3) is 0 Å². The molecule has 0 spiro atoms. The fourth-order valence-electron chi connectivity index (χ4n) is 0.602. The lowest BCUT2D eigenvalue weighted by Gasteiger charge is -2.06. The van der Waals surface area contributed by atoms with E-state index in [9.17, 15) is 8.42 Å². The Labute approximate surface area is 65.5 Å². The molecule has 0 bridgehead atoms. The average Bonchev–Trinajstić information content (AvgIpc) is 2.10. The van der Waals surface area contributed by atoms with Crippen LogP contribution < -0.4 is 0 Å². The molecule has 0 N–H and O–H groups in total. The van der Waals surface area contributed by atoms with Crippen molar-refractivity contribution in [2.24, 2.45) is 4.99 Å². The predicted octanol–water partition coefficient (Wildman–Crippen LogP) is 0.667. The summed E-state index contributed by atoms with van der Waals surface area (Å²) in [6, 6.07) is 0. The van der Waals surface area contributed by atoms with Gasteiger partial charge in [0.15, 0.2) is 0 Å². The molecule has 0 aromatic carbocycles. The van der Waals surface area contributed by atoms with Crippen LogP contribution in [0.2, 0.25) is 0 Å². The third-order valence-electron chi connectivity index (χ3n) is 1.000. The van der Waals surface area contributed by atoms with Crippen molar-refractivity contribution in [1.29, 1.82) is 0 Å². The van der Waals surface area contributed by atoms with Gasteiger partial charge in [0.1, 0.15) is 0 Å². The Balaban J connectivity index is 2.79. The number of nitrogens with zero attached hydrogens (tertiary/aromatic N) is 1. The third kappa shape index (κ3) is 1.80. The van der Waals surface area contributed by atoms with Gasteiger partial charge < -0.3 is 4.74 Å². The molecular weight excluding hydrogens is 166 g/mol. The molecule has 0 aliphatic carbocycles. The summed E-state index contributed by atoms with van der Waals surface area (Å²) >= 11 is 0. The second-order valence-electron chi connectivity index (χ2n) is 2.39. The fourth-order valence-corrected chi connectivity index (χ4v) is 1.47. The number of hydrogen-bond acceptors (Lipinski definition) is 4. The van der Waals surface area contributed by atoms with Crippen LogP contribution in [0.5, 0.6) is 0 Å². The standard InChI is InChI=1S/C6H9NO3S/c1-5(2)10-6-7-3-4-11(6,8)9/h3-5H,1-2H3. The maximum atomic E-state index is 11.0. The monoisotopic (exact) mass is 175 g/mol. The summed E-state index contributed by atoms with van der Waals surface area (Å²) in [5.41, 5.74) is 0. The predicted molar refractivity (Wildman–Crippen MR) is 41.7 cm³/mol. The van der Waals surface area contributed by atoms with Crippen molar-refractivity contribution >= 4 is 15.1 Å². The molecule has 0 aromatic heterocycles. The van der Waals surface area contributed by atoms with Crippen molar-refractivity contribution < 1.29 is 13.2 Å². The van der Waals surface area contributed by atoms with E-state index >= 15 is 0 Å². The molecule has 0 unspecified atom stereocenters. The molecule has 0 radical (unpaired) electrons. The Morgan fingerprint density at radius 3 is 2.55 bits per heavy atom. The van der Waals surface area contributed by atoms with E-state index in [4.69, 9.17) is 4.74 Å². The van der Waals surface area contributed by atoms with Crippen molar-refractivity contribution in [2.75, 3.05) is 0 Å². The van der Waals surface area contributed by atoms with Crippen LogP contribution in [0.1, 0.15) is 13.8 Å². The van der Waals surface area contributed by atoms with Crippen molar-refractivity contribution in [3.05, 3.63) is 11.6 Å². The second-order valence-corrected chi connectivity index (χ2v) is 4.10. The van der Waals surface area contributed by atoms with E-state index in [1.165, 1.54) is 6.20 Å². The van der Waals surface area contributed by atoms with E-state index < -0.39 is 9.84 Å². The molecular formula is C6H9NO3S. The Morgan fingerprint density at radius 2 is 2.18 bits per heavy atom. The molecule has 0 atom stereocenters. The smallest absolute Gasteiger partial charge is 0.314 e. The van der Waals surface area contributed by atoms with E-state index in [-0.39, 0.29) is 11.3 Å². The fraction of sp³-hybridized carbons (Fsp3) is 0.500. The van der Waals surface area contributed by atoms with Crippen LogP contribution >= 0.6 is 0 Å². The van der Waals surface area contributed by atoms with E-state index in [2.05, 4.69) is 4.99 Å². The SMILES string of the molecule is CC(C)OC1=NC=CS1(=O)=O. The van der Waals surface area contributed by atoms with Crippen molar-refractivity contribution in [3.63, 3.8) is 0 Å². The van der Waals surface area contributed by atoms with Gasteiger partial charge in [-0.15, -0.1) is 0 Å². The lowest BCUT2D eigenvalue weighted by molar-refractivity contribution is 0.235. The normalized spacial score (nSPS) is 20.5. The van der Waals surface area contributed by atoms with Crippen LogP contribution in [-0.2, 0) is 14.6 Å². The minimum absolute atomic E-state index is 0.163. The van der Waals surface area contributed by atoms with Crippen LogP contribution in [0, 0.1) is 0 Å². The third-order valence-corrected chi connectivity index (χ3v) is 2.17. The molecule has 0 saturated carbocycles. The second kappa shape index (κ2) is 2.65. The molecule has 1 aliphatic heterocycles. The highest BCUT2D eigenvalue weighted by molar-refractivity contribution is 8.08. The summed E-state index contributed by atoms with van der Waals surface area (Å²) in [5.74, 6) is 0. The maximum absolute atomic E-state index is 11.0. The highest BCUT2D eigenvalue weighted by atomic mass is 32.2.